The number of benzene rings is 1. The number of nitrogens with zero attached hydrogens (tertiary/aromatic N) is 2. The number of carbonyl (C=O) groups excluding carboxylic acids is 1. The second kappa shape index (κ2) is 8.60. The minimum absolute atomic E-state index is 0. The number of thiazole rings is 1. The van der Waals surface area contributed by atoms with E-state index in [2.05, 4.69) is 25.8 Å². The van der Waals surface area contributed by atoms with Gasteiger partial charge in [-0.2, -0.15) is 0 Å². The lowest BCUT2D eigenvalue weighted by Gasteiger charge is -2.24. The largest absolute Gasteiger partial charge is 0.334 e. The summed E-state index contributed by atoms with van der Waals surface area (Å²) in [5.74, 6) is 0.421. The number of aryl methyl sites for hydroxylation is 1. The number of aromatic nitrogens is 1. The van der Waals surface area contributed by atoms with Crippen molar-refractivity contribution < 1.29 is 4.79 Å². The molecule has 1 aromatic carbocycles. The number of rotatable bonds is 5. The summed E-state index contributed by atoms with van der Waals surface area (Å²) >= 11 is 1.70. The van der Waals surface area contributed by atoms with Gasteiger partial charge in [0.05, 0.1) is 16.7 Å². The highest BCUT2D eigenvalue weighted by Crippen LogP contribution is 2.32. The molecule has 0 fully saturated rings. The normalized spacial score (nSPS) is 12.0. The molecule has 2 N–H and O–H groups in total. The Hall–Kier alpha value is -1.43. The molecule has 1 unspecified atom stereocenters. The Labute approximate surface area is 154 Å². The van der Waals surface area contributed by atoms with Crippen LogP contribution in [0.1, 0.15) is 64.2 Å². The average Bonchev–Trinajstić information content (AvgIpc) is 2.95. The predicted molar refractivity (Wildman–Crippen MR) is 103 cm³/mol. The van der Waals surface area contributed by atoms with Gasteiger partial charge in [-0.25, -0.2) is 4.98 Å². The Morgan fingerprint density at radius 1 is 1.25 bits per heavy atom. The van der Waals surface area contributed by atoms with Crippen LogP contribution in [0.2, 0.25) is 0 Å². The zero-order valence-corrected chi connectivity index (χ0v) is 16.5. The molecule has 132 valence electrons. The highest BCUT2D eigenvalue weighted by Gasteiger charge is 2.23. The van der Waals surface area contributed by atoms with Crippen LogP contribution in [0.15, 0.2) is 24.3 Å². The van der Waals surface area contributed by atoms with Crippen LogP contribution in [0.5, 0.6) is 0 Å². The number of amides is 1. The molecule has 0 saturated carbocycles. The van der Waals surface area contributed by atoms with Crippen molar-refractivity contribution in [1.29, 1.82) is 0 Å². The molecule has 24 heavy (non-hydrogen) atoms. The first-order chi connectivity index (χ1) is 10.8. The number of carbonyl (C=O) groups is 1. The Morgan fingerprint density at radius 2 is 1.83 bits per heavy atom. The van der Waals surface area contributed by atoms with Crippen LogP contribution in [0.3, 0.4) is 0 Å². The van der Waals surface area contributed by atoms with Gasteiger partial charge in [0.2, 0.25) is 0 Å². The first-order valence-corrected chi connectivity index (χ1v) is 8.70. The van der Waals surface area contributed by atoms with Crippen molar-refractivity contribution in [2.24, 2.45) is 5.73 Å². The number of halogens is 1. The van der Waals surface area contributed by atoms with Crippen LogP contribution >= 0.6 is 23.7 Å². The maximum atomic E-state index is 12.7. The number of nitrogens with two attached hydrogens (primary N) is 1. The number of hydrogen-bond donors (Lipinski definition) is 1. The van der Waals surface area contributed by atoms with Gasteiger partial charge in [0, 0.05) is 30.0 Å². The van der Waals surface area contributed by atoms with Crippen LogP contribution in [-0.2, 0) is 6.54 Å². The van der Waals surface area contributed by atoms with Gasteiger partial charge in [-0.1, -0.05) is 26.0 Å². The topological polar surface area (TPSA) is 59.2 Å². The lowest BCUT2D eigenvalue weighted by Crippen LogP contribution is -2.29. The molecule has 0 radical (unpaired) electrons. The molecule has 0 aliphatic rings. The van der Waals surface area contributed by atoms with E-state index in [1.54, 1.807) is 16.2 Å². The van der Waals surface area contributed by atoms with Crippen molar-refractivity contribution in [3.8, 4) is 0 Å². The molecule has 6 heteroatoms. The Morgan fingerprint density at radius 3 is 2.29 bits per heavy atom. The minimum atomic E-state index is 0. The van der Waals surface area contributed by atoms with Gasteiger partial charge in [-0.05, 0) is 31.5 Å². The molecule has 1 amide bonds. The summed E-state index contributed by atoms with van der Waals surface area (Å²) in [5, 5.41) is 1.12. The number of hydrogen-bond acceptors (Lipinski definition) is 4. The van der Waals surface area contributed by atoms with Crippen molar-refractivity contribution in [2.45, 2.75) is 46.2 Å². The first kappa shape index (κ1) is 20.6. The summed E-state index contributed by atoms with van der Waals surface area (Å²) in [6.07, 6.45) is 0. The van der Waals surface area contributed by atoms with Gasteiger partial charge in [0.15, 0.2) is 0 Å². The lowest BCUT2D eigenvalue weighted by atomic mass is 10.1. The third-order valence-corrected chi connectivity index (χ3v) is 5.69. The molecule has 2 rings (SSSR count). The average molecular weight is 368 g/mol. The van der Waals surface area contributed by atoms with Crippen molar-refractivity contribution >= 4 is 29.7 Å². The molecule has 1 aromatic heterocycles. The quantitative estimate of drug-likeness (QED) is 0.857. The summed E-state index contributed by atoms with van der Waals surface area (Å²) in [4.78, 5) is 20.3. The van der Waals surface area contributed by atoms with Gasteiger partial charge < -0.3 is 10.6 Å². The predicted octanol–water partition coefficient (Wildman–Crippen LogP) is 4.29. The second-order valence-corrected chi connectivity index (χ2v) is 7.21. The molecule has 0 bridgehead atoms. The fourth-order valence-electron chi connectivity index (χ4n) is 2.40. The van der Waals surface area contributed by atoms with Crippen molar-refractivity contribution in [3.63, 3.8) is 0 Å². The summed E-state index contributed by atoms with van der Waals surface area (Å²) in [5.41, 5.74) is 8.33. The van der Waals surface area contributed by atoms with E-state index in [0.29, 0.717) is 18.0 Å². The van der Waals surface area contributed by atoms with E-state index in [0.717, 1.165) is 21.1 Å². The molecule has 0 aliphatic heterocycles. The van der Waals surface area contributed by atoms with E-state index in [1.165, 1.54) is 0 Å². The fraction of sp³-hybridized carbons (Fsp3) is 0.444. The molecule has 2 aromatic rings. The summed E-state index contributed by atoms with van der Waals surface area (Å²) in [6, 6.07) is 7.49. The van der Waals surface area contributed by atoms with Gasteiger partial charge in [-0.15, -0.1) is 23.7 Å². The summed E-state index contributed by atoms with van der Waals surface area (Å²) < 4.78 is 0. The smallest absolute Gasteiger partial charge is 0.254 e. The van der Waals surface area contributed by atoms with Crippen LogP contribution in [-0.4, -0.2) is 22.8 Å². The molecule has 4 nitrogen and oxygen atoms in total. The molecular weight excluding hydrogens is 342 g/mol. The Bertz CT molecular complexity index is 682. The van der Waals surface area contributed by atoms with E-state index in [1.807, 2.05) is 38.2 Å². The van der Waals surface area contributed by atoms with Crippen molar-refractivity contribution in [3.05, 3.63) is 51.0 Å². The van der Waals surface area contributed by atoms with Crippen LogP contribution < -0.4 is 5.73 Å². The molecule has 1 atom stereocenters. The van der Waals surface area contributed by atoms with E-state index < -0.39 is 0 Å². The van der Waals surface area contributed by atoms with E-state index in [9.17, 15) is 4.79 Å². The van der Waals surface area contributed by atoms with Crippen LogP contribution in [0, 0.1) is 6.92 Å². The van der Waals surface area contributed by atoms with E-state index in [4.69, 9.17) is 5.73 Å². The van der Waals surface area contributed by atoms with E-state index in [-0.39, 0.29) is 24.4 Å². The molecule has 0 saturated heterocycles. The lowest BCUT2D eigenvalue weighted by molar-refractivity contribution is 0.0744. The van der Waals surface area contributed by atoms with Crippen LogP contribution in [0.25, 0.3) is 0 Å². The highest BCUT2D eigenvalue weighted by atomic mass is 35.5. The Kier molecular flexibility index (Phi) is 7.39. The molecule has 0 spiro atoms. The van der Waals surface area contributed by atoms with Crippen molar-refractivity contribution in [2.75, 3.05) is 7.05 Å². The molecule has 0 aliphatic carbocycles. The third-order valence-electron chi connectivity index (χ3n) is 4.06. The summed E-state index contributed by atoms with van der Waals surface area (Å²) in [6.45, 7) is 8.83. The zero-order valence-electron chi connectivity index (χ0n) is 14.9. The molecular formula is C18H26ClN3OS. The van der Waals surface area contributed by atoms with E-state index >= 15 is 0 Å². The van der Waals surface area contributed by atoms with Gasteiger partial charge in [0.25, 0.3) is 5.91 Å². The monoisotopic (exact) mass is 367 g/mol. The Balaban J connectivity index is 0.00000288. The molecule has 1 heterocycles. The maximum absolute atomic E-state index is 12.7. The standard InChI is InChI=1S/C18H25N3OS.ClH/c1-11(2)17-20-12(3)16(23-17)13(4)21(5)18(22)15-8-6-14(10-19)7-9-15;/h6-9,11,13H,10,19H2,1-5H3;1H. The highest BCUT2D eigenvalue weighted by molar-refractivity contribution is 7.11. The van der Waals surface area contributed by atoms with Gasteiger partial charge in [0.1, 0.15) is 0 Å². The summed E-state index contributed by atoms with van der Waals surface area (Å²) in [7, 11) is 1.85. The fourth-order valence-corrected chi connectivity index (χ4v) is 3.57. The first-order valence-electron chi connectivity index (χ1n) is 7.88. The third kappa shape index (κ3) is 4.35. The minimum Gasteiger partial charge on any atom is -0.334 e. The van der Waals surface area contributed by atoms with Gasteiger partial charge >= 0.3 is 0 Å². The SMILES string of the molecule is Cc1nc(C(C)C)sc1C(C)N(C)C(=O)c1ccc(CN)cc1.Cl. The van der Waals surface area contributed by atoms with Crippen molar-refractivity contribution in [1.82, 2.24) is 9.88 Å². The zero-order chi connectivity index (χ0) is 17.1. The van der Waals surface area contributed by atoms with Crippen LogP contribution in [0.4, 0.5) is 0 Å². The maximum Gasteiger partial charge on any atom is 0.254 e. The second-order valence-electron chi connectivity index (χ2n) is 6.15. The van der Waals surface area contributed by atoms with Gasteiger partial charge in [-0.3, -0.25) is 4.79 Å².